The van der Waals surface area contributed by atoms with E-state index < -0.39 is 0 Å². The quantitative estimate of drug-likeness (QED) is 0.149. The molecule has 0 N–H and O–H groups in total. The zero-order chi connectivity index (χ0) is 39.5. The van der Waals surface area contributed by atoms with Crippen LogP contribution in [-0.2, 0) is 5.41 Å². The van der Waals surface area contributed by atoms with Gasteiger partial charge in [0, 0.05) is 22.5 Å². The number of anilines is 3. The van der Waals surface area contributed by atoms with Crippen LogP contribution in [0.15, 0.2) is 164 Å². The molecular formula is C58H55N. The van der Waals surface area contributed by atoms with Crippen LogP contribution >= 0.6 is 0 Å². The predicted molar refractivity (Wildman–Crippen MR) is 249 cm³/mol. The summed E-state index contributed by atoms with van der Waals surface area (Å²) < 4.78 is 0. The Labute approximate surface area is 351 Å². The number of hydrogen-bond donors (Lipinski definition) is 0. The van der Waals surface area contributed by atoms with Gasteiger partial charge >= 0.3 is 0 Å². The molecule has 0 heterocycles. The summed E-state index contributed by atoms with van der Waals surface area (Å²) in [4.78, 5) is 2.50. The zero-order valence-electron chi connectivity index (χ0n) is 34.7. The van der Waals surface area contributed by atoms with E-state index in [0.717, 1.165) is 17.8 Å². The molecule has 2 bridgehead atoms. The van der Waals surface area contributed by atoms with Gasteiger partial charge in [-0.2, -0.15) is 0 Å². The Balaban J connectivity index is 0.994. The van der Waals surface area contributed by atoms with Crippen LogP contribution in [0.4, 0.5) is 17.1 Å². The summed E-state index contributed by atoms with van der Waals surface area (Å²) in [5.74, 6) is 3.23. The van der Waals surface area contributed by atoms with Crippen molar-refractivity contribution in [1.82, 2.24) is 0 Å². The Kier molecular flexibility index (Phi) is 9.18. The van der Waals surface area contributed by atoms with Crippen LogP contribution in [0.3, 0.4) is 0 Å². The molecule has 1 nitrogen and oxygen atoms in total. The maximum absolute atomic E-state index is 2.50. The summed E-state index contributed by atoms with van der Waals surface area (Å²) in [6.07, 6.45) is 12.4. The molecule has 0 aliphatic heterocycles. The molecule has 0 amide bonds. The smallest absolute Gasteiger partial charge is 0.0465 e. The Bertz CT molecular complexity index is 2630. The number of rotatable bonds is 8. The van der Waals surface area contributed by atoms with E-state index in [-0.39, 0.29) is 5.41 Å². The number of hydrogen-bond acceptors (Lipinski definition) is 1. The maximum atomic E-state index is 2.50. The van der Waals surface area contributed by atoms with Gasteiger partial charge in [-0.1, -0.05) is 167 Å². The second kappa shape index (κ2) is 14.9. The summed E-state index contributed by atoms with van der Waals surface area (Å²) in [6.45, 7) is 4.83. The molecule has 0 radical (unpaired) electrons. The molecule has 3 unspecified atom stereocenters. The third-order valence-electron chi connectivity index (χ3n) is 15.0. The summed E-state index contributed by atoms with van der Waals surface area (Å²) in [5.41, 5.74) is 19.7. The summed E-state index contributed by atoms with van der Waals surface area (Å²) in [5, 5.41) is 0. The lowest BCUT2D eigenvalue weighted by molar-refractivity contribution is 0.420. The minimum atomic E-state index is -0.164. The number of benzene rings is 7. The Hall–Kier alpha value is -5.66. The van der Waals surface area contributed by atoms with Crippen LogP contribution in [0.1, 0.15) is 106 Å². The highest BCUT2D eigenvalue weighted by atomic mass is 15.1. The van der Waals surface area contributed by atoms with Crippen LogP contribution < -0.4 is 4.90 Å². The van der Waals surface area contributed by atoms with E-state index in [0.29, 0.717) is 5.92 Å². The van der Waals surface area contributed by atoms with Gasteiger partial charge in [-0.25, -0.2) is 0 Å². The lowest BCUT2D eigenvalue weighted by Crippen LogP contribution is -2.16. The molecule has 292 valence electrons. The maximum Gasteiger partial charge on any atom is 0.0465 e. The van der Waals surface area contributed by atoms with Crippen molar-refractivity contribution in [3.8, 4) is 44.5 Å². The molecule has 11 rings (SSSR count). The van der Waals surface area contributed by atoms with Crippen LogP contribution in [-0.4, -0.2) is 0 Å². The molecule has 0 spiro atoms. The monoisotopic (exact) mass is 765 g/mol. The number of nitrogens with zero attached hydrogens (tertiary/aromatic N) is 1. The van der Waals surface area contributed by atoms with Gasteiger partial charge in [0.25, 0.3) is 0 Å². The van der Waals surface area contributed by atoms with Gasteiger partial charge in [-0.3, -0.25) is 0 Å². The molecule has 59 heavy (non-hydrogen) atoms. The van der Waals surface area contributed by atoms with Crippen molar-refractivity contribution in [2.24, 2.45) is 11.8 Å². The summed E-state index contributed by atoms with van der Waals surface area (Å²) in [6, 6.07) is 62.4. The van der Waals surface area contributed by atoms with E-state index >= 15 is 0 Å². The van der Waals surface area contributed by atoms with E-state index in [1.165, 1.54) is 142 Å². The second-order valence-electron chi connectivity index (χ2n) is 18.7. The summed E-state index contributed by atoms with van der Waals surface area (Å²) in [7, 11) is 0. The normalized spacial score (nSPS) is 20.3. The third kappa shape index (κ3) is 6.46. The van der Waals surface area contributed by atoms with Gasteiger partial charge in [0.1, 0.15) is 0 Å². The van der Waals surface area contributed by atoms with Crippen molar-refractivity contribution in [2.45, 2.75) is 88.9 Å². The van der Waals surface area contributed by atoms with Gasteiger partial charge < -0.3 is 4.90 Å². The molecule has 3 atom stereocenters. The van der Waals surface area contributed by atoms with E-state index in [9.17, 15) is 0 Å². The first-order chi connectivity index (χ1) is 29.0. The average Bonchev–Trinajstić information content (AvgIpc) is 4.00. The first-order valence-electron chi connectivity index (χ1n) is 22.5. The highest BCUT2D eigenvalue weighted by Crippen LogP contribution is 2.55. The van der Waals surface area contributed by atoms with Crippen molar-refractivity contribution in [2.75, 3.05) is 4.90 Å². The topological polar surface area (TPSA) is 3.24 Å². The Morgan fingerprint density at radius 1 is 0.441 bits per heavy atom. The van der Waals surface area contributed by atoms with E-state index in [2.05, 4.69) is 183 Å². The highest BCUT2D eigenvalue weighted by Gasteiger charge is 2.40. The molecule has 0 saturated heterocycles. The lowest BCUT2D eigenvalue weighted by atomic mass is 9.81. The second-order valence-corrected chi connectivity index (χ2v) is 18.7. The fourth-order valence-corrected chi connectivity index (χ4v) is 11.9. The van der Waals surface area contributed by atoms with Crippen molar-refractivity contribution in [3.63, 3.8) is 0 Å². The molecule has 7 aromatic carbocycles. The fourth-order valence-electron chi connectivity index (χ4n) is 11.9. The Morgan fingerprint density at radius 2 is 1.12 bits per heavy atom. The minimum absolute atomic E-state index is 0.164. The standard InChI is InChI=1S/C58H55N/c1-58(2)55-22-12-21-52(51-20-10-9-19-50(51)42-15-7-4-8-16-42)57(55)53-34-33-49(38-56(53)58)59(48-31-27-43(28-32-48)54-36-39-23-24-46(54)35-39)47-29-25-41(26-30-47)45-18-11-17-44(37-45)40-13-5-3-6-14-40/h4,7-12,15-22,25-34,37-40,46,54H,3,5-6,13-14,23-24,35-36H2,1-2H3. The van der Waals surface area contributed by atoms with Gasteiger partial charge in [-0.05, 0) is 159 Å². The van der Waals surface area contributed by atoms with Gasteiger partial charge in [0.15, 0.2) is 0 Å². The van der Waals surface area contributed by atoms with Gasteiger partial charge in [0.2, 0.25) is 0 Å². The molecular weight excluding hydrogens is 711 g/mol. The largest absolute Gasteiger partial charge is 0.310 e. The molecule has 1 heteroatoms. The highest BCUT2D eigenvalue weighted by molar-refractivity contribution is 5.97. The number of fused-ring (bicyclic) bond motifs is 5. The van der Waals surface area contributed by atoms with Crippen molar-refractivity contribution in [1.29, 1.82) is 0 Å². The van der Waals surface area contributed by atoms with E-state index in [1.807, 2.05) is 0 Å². The van der Waals surface area contributed by atoms with Crippen LogP contribution in [0.5, 0.6) is 0 Å². The van der Waals surface area contributed by atoms with Crippen LogP contribution in [0, 0.1) is 11.8 Å². The first-order valence-corrected chi connectivity index (χ1v) is 22.5. The van der Waals surface area contributed by atoms with Crippen molar-refractivity contribution >= 4 is 17.1 Å². The Morgan fingerprint density at radius 3 is 1.86 bits per heavy atom. The lowest BCUT2D eigenvalue weighted by Gasteiger charge is -2.29. The van der Waals surface area contributed by atoms with Crippen molar-refractivity contribution < 1.29 is 0 Å². The SMILES string of the molecule is CC1(C)c2cc(N(c3ccc(-c4cccc(C5CCCCC5)c4)cc3)c3ccc(C4CC5CCC4C5)cc3)ccc2-c2c(-c3ccccc3-c3ccccc3)cccc21. The average molecular weight is 766 g/mol. The molecule has 4 aliphatic carbocycles. The van der Waals surface area contributed by atoms with E-state index in [1.54, 1.807) is 0 Å². The zero-order valence-corrected chi connectivity index (χ0v) is 34.7. The molecule has 3 saturated carbocycles. The molecule has 3 fully saturated rings. The van der Waals surface area contributed by atoms with Crippen LogP contribution in [0.25, 0.3) is 44.5 Å². The van der Waals surface area contributed by atoms with Crippen molar-refractivity contribution in [3.05, 3.63) is 186 Å². The summed E-state index contributed by atoms with van der Waals surface area (Å²) >= 11 is 0. The fraction of sp³-hybridized carbons (Fsp3) is 0.276. The predicted octanol–water partition coefficient (Wildman–Crippen LogP) is 16.4. The van der Waals surface area contributed by atoms with Gasteiger partial charge in [0.05, 0.1) is 0 Å². The van der Waals surface area contributed by atoms with Crippen LogP contribution in [0.2, 0.25) is 0 Å². The molecule has 0 aromatic heterocycles. The minimum Gasteiger partial charge on any atom is -0.310 e. The van der Waals surface area contributed by atoms with E-state index in [4.69, 9.17) is 0 Å². The third-order valence-corrected chi connectivity index (χ3v) is 15.0. The first kappa shape index (κ1) is 36.4. The molecule has 4 aliphatic rings. The molecule has 7 aromatic rings. The van der Waals surface area contributed by atoms with Gasteiger partial charge in [-0.15, -0.1) is 0 Å².